The minimum Gasteiger partial charge on any atom is -0.394 e. The number of hydrogen-bond donors (Lipinski definition) is 5. The van der Waals surface area contributed by atoms with Crippen molar-refractivity contribution >= 4 is 0 Å². The summed E-state index contributed by atoms with van der Waals surface area (Å²) in [7, 11) is 0. The first-order chi connectivity index (χ1) is 9.79. The summed E-state index contributed by atoms with van der Waals surface area (Å²) in [6.45, 7) is -0.818. The first kappa shape index (κ1) is 15.8. The molecule has 9 heteroatoms. The lowest BCUT2D eigenvalue weighted by Gasteiger charge is -2.46. The normalized spacial score (nSPS) is 40.0. The van der Waals surface area contributed by atoms with Crippen LogP contribution in [0.5, 0.6) is 0 Å². The van der Waals surface area contributed by atoms with Gasteiger partial charge in [0.25, 0.3) is 5.79 Å². The molecule has 0 radical (unpaired) electrons. The topological polar surface area (TPSA) is 154 Å². The molecule has 2 rings (SSSR count). The molecule has 9 nitrogen and oxygen atoms in total. The Labute approximate surface area is 118 Å². The fourth-order valence-electron chi connectivity index (χ4n) is 2.34. The van der Waals surface area contributed by atoms with E-state index in [2.05, 4.69) is 0 Å². The number of hydrogen-bond acceptors (Lipinski definition) is 8. The summed E-state index contributed by atoms with van der Waals surface area (Å²) in [5, 5.41) is 60.6. The van der Waals surface area contributed by atoms with Gasteiger partial charge in [0, 0.05) is 5.56 Å². The van der Waals surface area contributed by atoms with Gasteiger partial charge < -0.3 is 30.3 Å². The number of ether oxygens (including phenoxy) is 1. The van der Waals surface area contributed by atoms with Crippen molar-refractivity contribution in [1.82, 2.24) is 0 Å². The molecule has 1 aliphatic heterocycles. The predicted molar refractivity (Wildman–Crippen MR) is 66.3 cm³/mol. The summed E-state index contributed by atoms with van der Waals surface area (Å²) in [5.41, 5.74) is -3.60. The van der Waals surface area contributed by atoms with Crippen LogP contribution in [0.2, 0.25) is 0 Å². The maximum atomic E-state index is 11.2. The van der Waals surface area contributed by atoms with E-state index in [1.807, 2.05) is 0 Å². The average Bonchev–Trinajstić information content (AvgIpc) is 2.49. The van der Waals surface area contributed by atoms with E-state index in [0.717, 1.165) is 0 Å². The number of rotatable bonds is 3. The molecular weight excluding hydrogens is 286 g/mol. The molecule has 0 aliphatic carbocycles. The van der Waals surface area contributed by atoms with Gasteiger partial charge >= 0.3 is 5.72 Å². The third-order valence-corrected chi connectivity index (χ3v) is 3.56. The van der Waals surface area contributed by atoms with Crippen molar-refractivity contribution in [3.05, 3.63) is 46.0 Å². The molecule has 0 spiro atoms. The molecule has 0 saturated carbocycles. The van der Waals surface area contributed by atoms with E-state index in [0.29, 0.717) is 0 Å². The highest BCUT2D eigenvalue weighted by atomic mass is 16.7. The monoisotopic (exact) mass is 301 g/mol. The molecule has 0 unspecified atom stereocenters. The maximum Gasteiger partial charge on any atom is 0.409 e. The lowest BCUT2D eigenvalue weighted by atomic mass is 9.83. The van der Waals surface area contributed by atoms with Gasteiger partial charge in [0.05, 0.1) is 11.5 Å². The summed E-state index contributed by atoms with van der Waals surface area (Å²) >= 11 is 0. The maximum absolute atomic E-state index is 11.2. The highest BCUT2D eigenvalue weighted by Gasteiger charge is 2.73. The minimum atomic E-state index is -3.40. The van der Waals surface area contributed by atoms with E-state index in [1.165, 1.54) is 24.3 Å². The molecule has 1 aromatic rings. The lowest BCUT2D eigenvalue weighted by Crippen LogP contribution is -2.74. The Morgan fingerprint density at radius 3 is 2.29 bits per heavy atom. The van der Waals surface area contributed by atoms with Gasteiger partial charge in [-0.15, -0.1) is 0 Å². The van der Waals surface area contributed by atoms with Crippen LogP contribution in [0, 0.1) is 10.1 Å². The zero-order valence-corrected chi connectivity index (χ0v) is 10.7. The predicted octanol–water partition coefficient (Wildman–Crippen LogP) is -2.09. The van der Waals surface area contributed by atoms with E-state index in [1.54, 1.807) is 6.07 Å². The van der Waals surface area contributed by atoms with E-state index in [9.17, 15) is 30.5 Å². The molecule has 1 heterocycles. The third kappa shape index (κ3) is 2.11. The number of nitrogens with zero attached hydrogens (tertiary/aromatic N) is 1. The first-order valence-electron chi connectivity index (χ1n) is 6.08. The van der Waals surface area contributed by atoms with Gasteiger partial charge in [-0.25, -0.2) is 0 Å². The Morgan fingerprint density at radius 1 is 1.24 bits per heavy atom. The van der Waals surface area contributed by atoms with Gasteiger partial charge in [0.2, 0.25) is 0 Å². The summed E-state index contributed by atoms with van der Waals surface area (Å²) in [4.78, 5) is 9.87. The van der Waals surface area contributed by atoms with Crippen molar-refractivity contribution in [2.45, 2.75) is 29.8 Å². The van der Waals surface area contributed by atoms with Crippen molar-refractivity contribution in [2.24, 2.45) is 0 Å². The quantitative estimate of drug-likeness (QED) is 0.242. The van der Waals surface area contributed by atoms with Crippen LogP contribution >= 0.6 is 0 Å². The fraction of sp³-hybridized carbons (Fsp3) is 0.500. The van der Waals surface area contributed by atoms with Crippen molar-refractivity contribution in [2.75, 3.05) is 6.61 Å². The molecule has 1 saturated heterocycles. The van der Waals surface area contributed by atoms with Crippen LogP contribution in [0.25, 0.3) is 0 Å². The average molecular weight is 301 g/mol. The third-order valence-electron chi connectivity index (χ3n) is 3.56. The van der Waals surface area contributed by atoms with E-state index in [4.69, 9.17) is 9.84 Å². The van der Waals surface area contributed by atoms with Crippen LogP contribution in [-0.4, -0.2) is 61.1 Å². The number of benzene rings is 1. The molecule has 1 aromatic carbocycles. The van der Waals surface area contributed by atoms with Crippen LogP contribution in [0.4, 0.5) is 0 Å². The Hall–Kier alpha value is -1.62. The Kier molecular flexibility index (Phi) is 3.97. The molecule has 1 aliphatic rings. The number of nitro groups is 1. The molecule has 5 N–H and O–H groups in total. The van der Waals surface area contributed by atoms with Crippen molar-refractivity contribution < 1.29 is 35.2 Å². The second-order valence-electron chi connectivity index (χ2n) is 4.77. The molecule has 5 atom stereocenters. The summed E-state index contributed by atoms with van der Waals surface area (Å²) in [6, 6.07) is 6.92. The second kappa shape index (κ2) is 5.30. The summed E-state index contributed by atoms with van der Waals surface area (Å²) in [5.74, 6) is -2.94. The van der Waals surface area contributed by atoms with Crippen LogP contribution < -0.4 is 0 Å². The van der Waals surface area contributed by atoms with E-state index < -0.39 is 41.4 Å². The van der Waals surface area contributed by atoms with Gasteiger partial charge in [0.1, 0.15) is 12.2 Å². The molecule has 21 heavy (non-hydrogen) atoms. The van der Waals surface area contributed by atoms with Gasteiger partial charge in [-0.3, -0.25) is 10.1 Å². The molecule has 0 aromatic heterocycles. The van der Waals surface area contributed by atoms with Gasteiger partial charge in [-0.05, 0) is 0 Å². The van der Waals surface area contributed by atoms with Crippen molar-refractivity contribution in [3.63, 3.8) is 0 Å². The molecule has 116 valence electrons. The van der Waals surface area contributed by atoms with Gasteiger partial charge in [0.15, 0.2) is 6.10 Å². The smallest absolute Gasteiger partial charge is 0.394 e. The fourth-order valence-corrected chi connectivity index (χ4v) is 2.34. The summed E-state index contributed by atoms with van der Waals surface area (Å²) < 4.78 is 4.97. The highest BCUT2D eigenvalue weighted by Crippen LogP contribution is 2.43. The number of aliphatic hydroxyl groups is 5. The van der Waals surface area contributed by atoms with Crippen LogP contribution in [0.15, 0.2) is 30.3 Å². The Morgan fingerprint density at radius 2 is 1.81 bits per heavy atom. The zero-order chi connectivity index (χ0) is 15.8. The van der Waals surface area contributed by atoms with Crippen LogP contribution in [0.3, 0.4) is 0 Å². The van der Waals surface area contributed by atoms with Crippen molar-refractivity contribution in [3.8, 4) is 0 Å². The van der Waals surface area contributed by atoms with Gasteiger partial charge in [-0.1, -0.05) is 30.3 Å². The Bertz CT molecular complexity index is 525. The molecule has 0 amide bonds. The van der Waals surface area contributed by atoms with Gasteiger partial charge in [-0.2, -0.15) is 0 Å². The second-order valence-corrected chi connectivity index (χ2v) is 4.77. The Balaban J connectivity index is 2.61. The molecule has 1 fully saturated rings. The van der Waals surface area contributed by atoms with Crippen molar-refractivity contribution in [1.29, 1.82) is 0 Å². The standard InChI is InChI=1S/C12H15NO8/c14-6-8-9(15)10(16)11(17,13(19)20)12(18,21-8)7-4-2-1-3-5-7/h1-5,8-10,14-18H,6H2/t8-,9-,10+,11-,12+/m1/s1. The number of aliphatic hydroxyl groups excluding tert-OH is 3. The van der Waals surface area contributed by atoms with Crippen LogP contribution in [0.1, 0.15) is 5.56 Å². The molecule has 0 bridgehead atoms. The van der Waals surface area contributed by atoms with E-state index >= 15 is 0 Å². The molecular formula is C12H15NO8. The van der Waals surface area contributed by atoms with E-state index in [-0.39, 0.29) is 5.56 Å². The first-order valence-corrected chi connectivity index (χ1v) is 6.08. The highest BCUT2D eigenvalue weighted by molar-refractivity contribution is 5.25. The zero-order valence-electron chi connectivity index (χ0n) is 10.7. The lowest BCUT2D eigenvalue weighted by molar-refractivity contribution is -0.698. The SMILES string of the molecule is O=[N+]([O-])[C@@]1(O)[C@@H](O)[C@H](O)[C@@H](CO)O[C@@]1(O)c1ccccc1. The largest absolute Gasteiger partial charge is 0.409 e. The summed E-state index contributed by atoms with van der Waals surface area (Å²) in [6.07, 6.45) is -5.83. The minimum absolute atomic E-state index is 0.200. The van der Waals surface area contributed by atoms with Crippen LogP contribution in [-0.2, 0) is 10.5 Å².